The third kappa shape index (κ3) is 6.32. The number of hydrogen-bond donors (Lipinski definition) is 0. The molecule has 0 aliphatic heterocycles. The van der Waals surface area contributed by atoms with Gasteiger partial charge in [-0.2, -0.15) is 0 Å². The van der Waals surface area contributed by atoms with E-state index in [1.54, 1.807) is 50.5 Å². The smallest absolute Gasteiger partial charge is 0.872 e. The Hall–Kier alpha value is -1.40. The number of nitrogens with zero attached hydrogens (tertiary/aromatic N) is 2. The number of benzene rings is 3. The molecular formula is C25H24N2Na2O2. The molecule has 0 aliphatic rings. The third-order valence-corrected chi connectivity index (χ3v) is 5.04. The molecule has 0 N–H and O–H groups in total. The van der Waals surface area contributed by atoms with Gasteiger partial charge in [-0.15, -0.1) is 0 Å². The van der Waals surface area contributed by atoms with E-state index in [2.05, 4.69) is 9.98 Å². The number of aliphatic imine (C=N–C) groups is 2. The second-order valence-electron chi connectivity index (χ2n) is 7.34. The number of hydrogen-bond acceptors (Lipinski definition) is 4. The van der Waals surface area contributed by atoms with Crippen molar-refractivity contribution in [3.8, 4) is 11.5 Å². The molecule has 0 saturated carbocycles. The summed E-state index contributed by atoms with van der Waals surface area (Å²) in [5.74, 6) is -0.0290. The summed E-state index contributed by atoms with van der Waals surface area (Å²) < 4.78 is 0. The average Bonchev–Trinajstić information content (AvgIpc) is 2.67. The Kier molecular flexibility index (Phi) is 10.7. The fraction of sp³-hybridized carbons (Fsp3) is 0.200. The van der Waals surface area contributed by atoms with Crippen molar-refractivity contribution in [1.82, 2.24) is 0 Å². The molecule has 0 saturated heterocycles. The van der Waals surface area contributed by atoms with Gasteiger partial charge in [-0.25, -0.2) is 0 Å². The molecule has 0 atom stereocenters. The quantitative estimate of drug-likeness (QED) is 0.389. The van der Waals surface area contributed by atoms with Crippen molar-refractivity contribution in [2.45, 2.75) is 34.6 Å². The van der Waals surface area contributed by atoms with E-state index in [4.69, 9.17) is 0 Å². The van der Waals surface area contributed by atoms with Gasteiger partial charge in [0.1, 0.15) is 0 Å². The Bertz CT molecular complexity index is 1050. The predicted octanol–water partition coefficient (Wildman–Crippen LogP) is -1.11. The van der Waals surface area contributed by atoms with Gasteiger partial charge in [-0.1, -0.05) is 65.1 Å². The molecule has 0 spiro atoms. The molecule has 31 heavy (non-hydrogen) atoms. The predicted molar refractivity (Wildman–Crippen MR) is 116 cm³/mol. The van der Waals surface area contributed by atoms with Crippen LogP contribution in [0.4, 0.5) is 11.4 Å². The number of aryl methyl sites for hydroxylation is 4. The van der Waals surface area contributed by atoms with E-state index in [-0.39, 0.29) is 70.6 Å². The molecule has 0 aliphatic carbocycles. The molecule has 0 unspecified atom stereocenters. The van der Waals surface area contributed by atoms with Crippen LogP contribution in [0.15, 0.2) is 52.4 Å². The van der Waals surface area contributed by atoms with Crippen LogP contribution in [0.3, 0.4) is 0 Å². The molecule has 0 aromatic heterocycles. The Morgan fingerprint density at radius 3 is 1.39 bits per heavy atom. The topological polar surface area (TPSA) is 70.8 Å². The summed E-state index contributed by atoms with van der Waals surface area (Å²) in [5, 5.41) is 24.5. The van der Waals surface area contributed by atoms with E-state index >= 15 is 0 Å². The molecule has 3 aromatic carbocycles. The molecule has 0 fully saturated rings. The van der Waals surface area contributed by atoms with E-state index in [9.17, 15) is 10.2 Å². The summed E-state index contributed by atoms with van der Waals surface area (Å²) in [4.78, 5) is 9.21. The Morgan fingerprint density at radius 2 is 1.00 bits per heavy atom. The zero-order valence-corrected chi connectivity index (χ0v) is 23.4. The summed E-state index contributed by atoms with van der Waals surface area (Å²) in [5.41, 5.74) is 7.02. The standard InChI is InChI=1S/C25H26N2O2.2Na/c1-15-8-6-10-20(24(15)28)13-26-22-17(3)12-18(4)23(19(22)5)27-14-21-11-7-9-16(2)25(21)29;;/h6-14,28-29H,1-5H3;;/q;2*+1/p-2. The van der Waals surface area contributed by atoms with Gasteiger partial charge in [0.25, 0.3) is 0 Å². The Balaban J connectivity index is 0.00000240. The van der Waals surface area contributed by atoms with Crippen LogP contribution in [0, 0.1) is 34.6 Å². The molecule has 4 nitrogen and oxygen atoms in total. The zero-order valence-electron chi connectivity index (χ0n) is 19.4. The van der Waals surface area contributed by atoms with Crippen LogP contribution in [-0.2, 0) is 0 Å². The SMILES string of the molecule is Cc1cccc(C=Nc2c(C)cc(C)c(N=Cc3cccc(C)c3[O-])c2C)c1[O-].[Na+].[Na+]. The fourth-order valence-corrected chi connectivity index (χ4v) is 3.38. The molecule has 0 amide bonds. The van der Waals surface area contributed by atoms with Gasteiger partial charge in [0.15, 0.2) is 0 Å². The Morgan fingerprint density at radius 1 is 0.613 bits per heavy atom. The van der Waals surface area contributed by atoms with E-state index in [1.165, 1.54) is 0 Å². The van der Waals surface area contributed by atoms with Gasteiger partial charge < -0.3 is 10.2 Å². The van der Waals surface area contributed by atoms with Crippen LogP contribution in [0.1, 0.15) is 38.9 Å². The maximum atomic E-state index is 12.3. The van der Waals surface area contributed by atoms with E-state index in [0.29, 0.717) is 22.3 Å². The number of rotatable bonds is 4. The van der Waals surface area contributed by atoms with Gasteiger partial charge in [0, 0.05) is 18.0 Å². The normalized spacial score (nSPS) is 10.9. The minimum absolute atomic E-state index is 0. The average molecular weight is 430 g/mol. The fourth-order valence-electron chi connectivity index (χ4n) is 3.38. The van der Waals surface area contributed by atoms with Gasteiger partial charge in [0.2, 0.25) is 0 Å². The van der Waals surface area contributed by atoms with Gasteiger partial charge in [-0.05, 0) is 56.9 Å². The maximum absolute atomic E-state index is 12.3. The summed E-state index contributed by atoms with van der Waals surface area (Å²) in [7, 11) is 0. The molecular weight excluding hydrogens is 406 g/mol. The summed E-state index contributed by atoms with van der Waals surface area (Å²) in [6, 6.07) is 12.9. The minimum Gasteiger partial charge on any atom is -0.872 e. The van der Waals surface area contributed by atoms with Crippen molar-refractivity contribution in [2.24, 2.45) is 9.98 Å². The van der Waals surface area contributed by atoms with Crippen molar-refractivity contribution >= 4 is 23.8 Å². The van der Waals surface area contributed by atoms with Gasteiger partial charge >= 0.3 is 59.1 Å². The van der Waals surface area contributed by atoms with Crippen LogP contribution < -0.4 is 69.3 Å². The largest absolute Gasteiger partial charge is 1.00 e. The first-order valence-electron chi connectivity index (χ1n) is 9.51. The van der Waals surface area contributed by atoms with E-state index in [1.807, 2.05) is 39.0 Å². The summed E-state index contributed by atoms with van der Waals surface area (Å²) in [6.45, 7) is 9.53. The molecule has 0 radical (unpaired) electrons. The van der Waals surface area contributed by atoms with Crippen LogP contribution >= 0.6 is 0 Å². The van der Waals surface area contributed by atoms with Crippen molar-refractivity contribution in [3.05, 3.63) is 81.4 Å². The number of para-hydroxylation sites is 2. The van der Waals surface area contributed by atoms with Crippen LogP contribution in [0.2, 0.25) is 0 Å². The molecule has 3 rings (SSSR count). The molecule has 148 valence electrons. The summed E-state index contributed by atoms with van der Waals surface area (Å²) >= 11 is 0. The molecule has 0 bridgehead atoms. The minimum atomic E-state index is -0.0145. The molecule has 0 heterocycles. The van der Waals surface area contributed by atoms with Crippen molar-refractivity contribution in [3.63, 3.8) is 0 Å². The van der Waals surface area contributed by atoms with Crippen LogP contribution in [0.5, 0.6) is 11.5 Å². The summed E-state index contributed by atoms with van der Waals surface area (Å²) in [6.07, 6.45) is 3.23. The second-order valence-corrected chi connectivity index (χ2v) is 7.34. The van der Waals surface area contributed by atoms with Crippen LogP contribution in [0.25, 0.3) is 0 Å². The van der Waals surface area contributed by atoms with E-state index in [0.717, 1.165) is 28.1 Å². The first-order chi connectivity index (χ1) is 13.8. The zero-order chi connectivity index (χ0) is 21.1. The second kappa shape index (κ2) is 12.0. The Labute approximate surface area is 228 Å². The first-order valence-corrected chi connectivity index (χ1v) is 9.51. The van der Waals surface area contributed by atoms with Crippen LogP contribution in [-0.4, -0.2) is 12.4 Å². The molecule has 6 heteroatoms. The maximum Gasteiger partial charge on any atom is 1.00 e. The monoisotopic (exact) mass is 430 g/mol. The van der Waals surface area contributed by atoms with Gasteiger partial charge in [0.05, 0.1) is 11.4 Å². The van der Waals surface area contributed by atoms with Crippen molar-refractivity contribution in [2.75, 3.05) is 0 Å². The van der Waals surface area contributed by atoms with E-state index < -0.39 is 0 Å². The third-order valence-electron chi connectivity index (χ3n) is 5.04. The molecule has 3 aromatic rings. The van der Waals surface area contributed by atoms with Crippen molar-refractivity contribution in [1.29, 1.82) is 0 Å². The van der Waals surface area contributed by atoms with Gasteiger partial charge in [-0.3, -0.25) is 9.98 Å². The first kappa shape index (κ1) is 27.6. The van der Waals surface area contributed by atoms with Crippen molar-refractivity contribution < 1.29 is 69.3 Å².